The zero-order valence-electron chi connectivity index (χ0n) is 18.2. The lowest BCUT2D eigenvalue weighted by Gasteiger charge is -2.13. The number of nitrogens with zero attached hydrogens (tertiary/aromatic N) is 1. The van der Waals surface area contributed by atoms with Gasteiger partial charge in [-0.1, -0.05) is 23.7 Å². The van der Waals surface area contributed by atoms with Gasteiger partial charge >= 0.3 is 12.0 Å². The predicted molar refractivity (Wildman–Crippen MR) is 126 cm³/mol. The number of nitrogens with one attached hydrogen (secondary N) is 2. The third-order valence-corrected chi connectivity index (χ3v) is 5.37. The molecule has 1 aromatic heterocycles. The van der Waals surface area contributed by atoms with E-state index >= 15 is 0 Å². The van der Waals surface area contributed by atoms with E-state index < -0.39 is 30.4 Å². The number of amides is 4. The van der Waals surface area contributed by atoms with E-state index in [0.717, 1.165) is 4.90 Å². The molecule has 1 saturated heterocycles. The van der Waals surface area contributed by atoms with E-state index in [9.17, 15) is 24.3 Å². The molecule has 178 valence electrons. The van der Waals surface area contributed by atoms with Gasteiger partial charge in [-0.3, -0.25) is 9.59 Å². The predicted octanol–water partition coefficient (Wildman–Crippen LogP) is 3.84. The second kappa shape index (κ2) is 9.74. The third kappa shape index (κ3) is 5.02. The summed E-state index contributed by atoms with van der Waals surface area (Å²) in [5.74, 6) is -1.47. The van der Waals surface area contributed by atoms with Gasteiger partial charge in [0.25, 0.3) is 5.91 Å². The van der Waals surface area contributed by atoms with Crippen molar-refractivity contribution in [1.82, 2.24) is 10.2 Å². The van der Waals surface area contributed by atoms with Crippen molar-refractivity contribution in [3.05, 3.63) is 76.6 Å². The molecular formula is C24H18ClN3O7. The highest BCUT2D eigenvalue weighted by molar-refractivity contribution is 6.33. The third-order valence-electron chi connectivity index (χ3n) is 5.04. The quantitative estimate of drug-likeness (QED) is 0.334. The first-order valence-electron chi connectivity index (χ1n) is 10.2. The molecule has 3 aromatic rings. The number of rotatable bonds is 7. The summed E-state index contributed by atoms with van der Waals surface area (Å²) in [5, 5.41) is 14.3. The minimum absolute atomic E-state index is 0.0803. The number of carboxylic acid groups (broad SMARTS) is 1. The topological polar surface area (TPSA) is 138 Å². The lowest BCUT2D eigenvalue weighted by atomic mass is 10.1. The number of imide groups is 1. The normalized spacial score (nSPS) is 14.2. The molecule has 3 N–H and O–H groups in total. The van der Waals surface area contributed by atoms with Gasteiger partial charge in [-0.15, -0.1) is 0 Å². The fourth-order valence-electron chi connectivity index (χ4n) is 3.37. The minimum Gasteiger partial charge on any atom is -0.495 e. The Kier molecular flexibility index (Phi) is 6.56. The average Bonchev–Trinajstić information content (AvgIpc) is 3.40. The van der Waals surface area contributed by atoms with Crippen LogP contribution in [0, 0.1) is 0 Å². The number of carbonyl (C=O) groups excluding carboxylic acids is 3. The first-order valence-corrected chi connectivity index (χ1v) is 10.5. The molecule has 35 heavy (non-hydrogen) atoms. The molecule has 1 fully saturated rings. The van der Waals surface area contributed by atoms with Crippen LogP contribution in [-0.2, 0) is 9.59 Å². The van der Waals surface area contributed by atoms with Crippen molar-refractivity contribution in [2.24, 2.45) is 0 Å². The molecule has 11 heteroatoms. The molecule has 2 aromatic carbocycles. The molecule has 0 unspecified atom stereocenters. The monoisotopic (exact) mass is 495 g/mol. The van der Waals surface area contributed by atoms with E-state index in [1.54, 1.807) is 42.5 Å². The first kappa shape index (κ1) is 23.6. The molecule has 0 atom stereocenters. The first-order chi connectivity index (χ1) is 16.8. The van der Waals surface area contributed by atoms with Gasteiger partial charge < -0.3 is 24.9 Å². The summed E-state index contributed by atoms with van der Waals surface area (Å²) in [7, 11) is 1.46. The largest absolute Gasteiger partial charge is 0.495 e. The van der Waals surface area contributed by atoms with E-state index in [2.05, 4.69) is 10.6 Å². The molecule has 10 nitrogen and oxygen atoms in total. The van der Waals surface area contributed by atoms with E-state index in [1.165, 1.54) is 25.3 Å². The van der Waals surface area contributed by atoms with Crippen molar-refractivity contribution < 1.29 is 33.4 Å². The van der Waals surface area contributed by atoms with Gasteiger partial charge in [-0.05, 0) is 42.5 Å². The minimum atomic E-state index is -1.18. The number of para-hydroxylation sites is 2. The van der Waals surface area contributed by atoms with Crippen molar-refractivity contribution in [2.45, 2.75) is 0 Å². The van der Waals surface area contributed by atoms with Gasteiger partial charge in [0.1, 0.15) is 29.5 Å². The summed E-state index contributed by atoms with van der Waals surface area (Å²) >= 11 is 5.90. The van der Waals surface area contributed by atoms with E-state index in [1.807, 2.05) is 0 Å². The highest BCUT2D eigenvalue weighted by Gasteiger charge is 2.35. The Hall–Kier alpha value is -4.57. The summed E-state index contributed by atoms with van der Waals surface area (Å²) in [4.78, 5) is 49.5. The Bertz CT molecular complexity index is 1380. The number of methoxy groups -OCH3 is 1. The average molecular weight is 496 g/mol. The number of carbonyl (C=O) groups is 4. The fraction of sp³-hybridized carbons (Fsp3) is 0.0833. The van der Waals surface area contributed by atoms with E-state index in [-0.39, 0.29) is 22.0 Å². The standard InChI is InChI=1S/C24H18ClN3O7/c1-34-20-5-3-2-4-17(20)26-21(29)12-28-22(30)18(27-24(28)33)11-14-7-9-19(35-14)13-6-8-16(25)15(10-13)23(31)32/h2-11H,12H2,1H3,(H,26,29)(H,27,33)(H,31,32)/b18-11-. The number of carboxylic acids is 1. The van der Waals surface area contributed by atoms with Crippen LogP contribution >= 0.6 is 11.6 Å². The van der Waals surface area contributed by atoms with Gasteiger partial charge in [0, 0.05) is 11.6 Å². The second-order valence-corrected chi connectivity index (χ2v) is 7.74. The number of hydrogen-bond acceptors (Lipinski definition) is 6. The van der Waals surface area contributed by atoms with Crippen molar-refractivity contribution in [2.75, 3.05) is 19.0 Å². The van der Waals surface area contributed by atoms with Crippen LogP contribution in [0.1, 0.15) is 16.1 Å². The number of halogens is 1. The molecule has 1 aliphatic rings. The Morgan fingerprint density at radius 2 is 1.94 bits per heavy atom. The van der Waals surface area contributed by atoms with Gasteiger partial charge in [0.2, 0.25) is 5.91 Å². The molecule has 0 bridgehead atoms. The number of furan rings is 1. The SMILES string of the molecule is COc1ccccc1NC(=O)CN1C(=O)N/C(=C\c2ccc(-c3ccc(Cl)c(C(=O)O)c3)o2)C1=O. The maximum atomic E-state index is 12.7. The van der Waals surface area contributed by atoms with Crippen LogP contribution < -0.4 is 15.4 Å². The molecule has 0 radical (unpaired) electrons. The highest BCUT2D eigenvalue weighted by atomic mass is 35.5. The van der Waals surface area contributed by atoms with Crippen molar-refractivity contribution in [3.8, 4) is 17.1 Å². The zero-order valence-corrected chi connectivity index (χ0v) is 19.0. The van der Waals surface area contributed by atoms with Gasteiger partial charge in [-0.25, -0.2) is 14.5 Å². The van der Waals surface area contributed by atoms with Gasteiger partial charge in [0.05, 0.1) is 23.4 Å². The Balaban J connectivity index is 1.48. The van der Waals surface area contributed by atoms with Gasteiger partial charge in [0.15, 0.2) is 0 Å². The molecule has 1 aliphatic heterocycles. The van der Waals surface area contributed by atoms with Crippen molar-refractivity contribution >= 4 is 47.2 Å². The lowest BCUT2D eigenvalue weighted by molar-refractivity contribution is -0.127. The summed E-state index contributed by atoms with van der Waals surface area (Å²) in [6, 6.07) is 13.5. The Morgan fingerprint density at radius 1 is 1.17 bits per heavy atom. The summed E-state index contributed by atoms with van der Waals surface area (Å²) in [5.41, 5.74) is 0.705. The van der Waals surface area contributed by atoms with Crippen LogP contribution in [0.3, 0.4) is 0 Å². The summed E-state index contributed by atoms with van der Waals surface area (Å²) in [6.45, 7) is -0.508. The van der Waals surface area contributed by atoms with Crippen LogP contribution in [0.15, 0.2) is 64.7 Å². The number of hydrogen-bond donors (Lipinski definition) is 3. The molecule has 2 heterocycles. The Labute approximate surface area is 203 Å². The molecule has 4 amide bonds. The highest BCUT2D eigenvalue weighted by Crippen LogP contribution is 2.28. The molecule has 0 aliphatic carbocycles. The number of anilines is 1. The number of urea groups is 1. The van der Waals surface area contributed by atoms with Crippen LogP contribution in [0.5, 0.6) is 5.75 Å². The zero-order chi connectivity index (χ0) is 25.1. The molecule has 4 rings (SSSR count). The number of benzene rings is 2. The summed E-state index contributed by atoms with van der Waals surface area (Å²) in [6.07, 6.45) is 1.32. The van der Waals surface area contributed by atoms with Crippen LogP contribution in [0.4, 0.5) is 10.5 Å². The Morgan fingerprint density at radius 3 is 2.69 bits per heavy atom. The van der Waals surface area contributed by atoms with Gasteiger partial charge in [-0.2, -0.15) is 0 Å². The van der Waals surface area contributed by atoms with Crippen molar-refractivity contribution in [1.29, 1.82) is 0 Å². The van der Waals surface area contributed by atoms with E-state index in [0.29, 0.717) is 22.8 Å². The lowest BCUT2D eigenvalue weighted by Crippen LogP contribution is -2.38. The summed E-state index contributed by atoms with van der Waals surface area (Å²) < 4.78 is 10.9. The number of aromatic carboxylic acids is 1. The van der Waals surface area contributed by atoms with Crippen LogP contribution in [0.2, 0.25) is 5.02 Å². The smallest absolute Gasteiger partial charge is 0.337 e. The maximum Gasteiger partial charge on any atom is 0.337 e. The molecule has 0 saturated carbocycles. The number of ether oxygens (including phenoxy) is 1. The maximum absolute atomic E-state index is 12.7. The van der Waals surface area contributed by atoms with Crippen LogP contribution in [-0.4, -0.2) is 47.5 Å². The molecular weight excluding hydrogens is 478 g/mol. The molecule has 0 spiro atoms. The van der Waals surface area contributed by atoms with Crippen LogP contribution in [0.25, 0.3) is 17.4 Å². The fourth-order valence-corrected chi connectivity index (χ4v) is 3.57. The second-order valence-electron chi connectivity index (χ2n) is 7.33. The van der Waals surface area contributed by atoms with Crippen molar-refractivity contribution in [3.63, 3.8) is 0 Å². The van der Waals surface area contributed by atoms with E-state index in [4.69, 9.17) is 20.8 Å².